The van der Waals surface area contributed by atoms with E-state index in [1.165, 1.54) is 31.5 Å². The minimum Gasteiger partial charge on any atom is -0.497 e. The normalized spacial score (nSPS) is 11.3. The first-order valence-electron chi connectivity index (χ1n) is 7.65. The number of primary amides is 1. The molecule has 0 aliphatic carbocycles. The summed E-state index contributed by atoms with van der Waals surface area (Å²) < 4.78 is 49.4. The van der Waals surface area contributed by atoms with E-state index in [4.69, 9.17) is 14.9 Å². The zero-order valence-corrected chi connectivity index (χ0v) is 14.0. The Bertz CT molecular complexity index is 966. The maximum atomic E-state index is 13.0. The molecule has 1 amide bonds. The van der Waals surface area contributed by atoms with Crippen LogP contribution in [-0.4, -0.2) is 18.0 Å². The highest BCUT2D eigenvalue weighted by Gasteiger charge is 2.31. The van der Waals surface area contributed by atoms with Gasteiger partial charge in [-0.3, -0.25) is 4.79 Å². The van der Waals surface area contributed by atoms with Gasteiger partial charge in [-0.05, 0) is 24.3 Å². The number of nitrogens with zero attached hydrogens (tertiary/aromatic N) is 1. The van der Waals surface area contributed by atoms with Crippen molar-refractivity contribution in [2.24, 2.45) is 5.73 Å². The molecule has 0 radical (unpaired) electrons. The van der Waals surface area contributed by atoms with Gasteiger partial charge in [0.15, 0.2) is 5.76 Å². The summed E-state index contributed by atoms with van der Waals surface area (Å²) in [5.74, 6) is -0.145. The number of methoxy groups -OCH3 is 1. The molecule has 3 aromatic rings. The second kappa shape index (κ2) is 7.02. The molecular formula is C18H14F3N3O3. The Morgan fingerprint density at radius 1 is 1.19 bits per heavy atom. The van der Waals surface area contributed by atoms with Crippen LogP contribution in [0.2, 0.25) is 0 Å². The van der Waals surface area contributed by atoms with E-state index in [0.717, 1.165) is 12.1 Å². The topological polar surface area (TPSA) is 90.4 Å². The largest absolute Gasteiger partial charge is 0.497 e. The average Bonchev–Trinajstić information content (AvgIpc) is 3.09. The number of anilines is 2. The Balaban J connectivity index is 1.84. The van der Waals surface area contributed by atoms with Gasteiger partial charge in [0, 0.05) is 22.9 Å². The third-order valence-corrected chi connectivity index (χ3v) is 3.68. The van der Waals surface area contributed by atoms with Crippen molar-refractivity contribution in [1.29, 1.82) is 0 Å². The Morgan fingerprint density at radius 2 is 1.89 bits per heavy atom. The zero-order valence-electron chi connectivity index (χ0n) is 14.0. The van der Waals surface area contributed by atoms with Crippen LogP contribution < -0.4 is 15.8 Å². The maximum absolute atomic E-state index is 13.0. The first kappa shape index (κ1) is 18.3. The summed E-state index contributed by atoms with van der Waals surface area (Å²) in [7, 11) is 1.28. The minimum absolute atomic E-state index is 0.00496. The molecule has 3 rings (SSSR count). The first-order valence-corrected chi connectivity index (χ1v) is 7.65. The summed E-state index contributed by atoms with van der Waals surface area (Å²) in [5, 5.41) is 2.68. The lowest BCUT2D eigenvalue weighted by molar-refractivity contribution is -0.137. The fraction of sp³-hybridized carbons (Fsp3) is 0.111. The third-order valence-electron chi connectivity index (χ3n) is 3.68. The predicted octanol–water partition coefficient (Wildman–Crippen LogP) is 4.21. The third kappa shape index (κ3) is 4.20. The van der Waals surface area contributed by atoms with Crippen LogP contribution in [0.3, 0.4) is 0 Å². The van der Waals surface area contributed by atoms with Gasteiger partial charge in [-0.25, -0.2) is 4.98 Å². The Labute approximate surface area is 151 Å². The number of carbonyl (C=O) groups is 1. The molecule has 0 aliphatic heterocycles. The van der Waals surface area contributed by atoms with E-state index in [-0.39, 0.29) is 17.5 Å². The first-order chi connectivity index (χ1) is 12.8. The number of amides is 1. The van der Waals surface area contributed by atoms with Gasteiger partial charge in [0.25, 0.3) is 6.01 Å². The monoisotopic (exact) mass is 377 g/mol. The van der Waals surface area contributed by atoms with Crippen molar-refractivity contribution >= 4 is 17.6 Å². The Morgan fingerprint density at radius 3 is 2.48 bits per heavy atom. The molecule has 0 saturated carbocycles. The number of nitrogens with two attached hydrogens (primary N) is 1. The van der Waals surface area contributed by atoms with Crippen molar-refractivity contribution < 1.29 is 27.1 Å². The minimum atomic E-state index is -4.52. The lowest BCUT2D eigenvalue weighted by Crippen LogP contribution is -2.10. The molecule has 0 fully saturated rings. The molecular weight excluding hydrogens is 363 g/mol. The van der Waals surface area contributed by atoms with Crippen LogP contribution in [0.25, 0.3) is 11.3 Å². The SMILES string of the molecule is COc1cc(Nc2ncc(-c3ccc(C(N)=O)cc3)o2)cc(C(F)(F)F)c1. The van der Waals surface area contributed by atoms with Gasteiger partial charge in [0.05, 0.1) is 18.9 Å². The van der Waals surface area contributed by atoms with Gasteiger partial charge in [-0.1, -0.05) is 12.1 Å². The van der Waals surface area contributed by atoms with Crippen LogP contribution >= 0.6 is 0 Å². The van der Waals surface area contributed by atoms with Gasteiger partial charge in [0.1, 0.15) is 5.75 Å². The van der Waals surface area contributed by atoms with Crippen molar-refractivity contribution in [3.05, 3.63) is 59.8 Å². The lowest BCUT2D eigenvalue weighted by Gasteiger charge is -2.11. The molecule has 3 N–H and O–H groups in total. The van der Waals surface area contributed by atoms with Crippen LogP contribution in [0.5, 0.6) is 5.75 Å². The molecule has 0 aliphatic rings. The molecule has 1 heterocycles. The molecule has 0 saturated heterocycles. The Hall–Kier alpha value is -3.49. The molecule has 2 aromatic carbocycles. The van der Waals surface area contributed by atoms with Gasteiger partial charge in [0.2, 0.25) is 5.91 Å². The molecule has 0 bridgehead atoms. The number of hydrogen-bond donors (Lipinski definition) is 2. The van der Waals surface area contributed by atoms with Crippen LogP contribution in [-0.2, 0) is 6.18 Å². The van der Waals surface area contributed by atoms with E-state index in [1.807, 2.05) is 0 Å². The van der Waals surface area contributed by atoms with Gasteiger partial charge in [-0.2, -0.15) is 13.2 Å². The van der Waals surface area contributed by atoms with E-state index >= 15 is 0 Å². The predicted molar refractivity (Wildman–Crippen MR) is 91.7 cm³/mol. The summed E-state index contributed by atoms with van der Waals surface area (Å²) >= 11 is 0. The fourth-order valence-corrected chi connectivity index (χ4v) is 2.34. The van der Waals surface area contributed by atoms with Gasteiger partial charge in [-0.15, -0.1) is 0 Å². The van der Waals surface area contributed by atoms with E-state index < -0.39 is 17.6 Å². The molecule has 140 valence electrons. The molecule has 0 unspecified atom stereocenters. The highest BCUT2D eigenvalue weighted by atomic mass is 19.4. The number of carbonyl (C=O) groups excluding carboxylic acids is 1. The van der Waals surface area contributed by atoms with Gasteiger partial charge < -0.3 is 20.2 Å². The number of nitrogens with one attached hydrogen (secondary N) is 1. The fourth-order valence-electron chi connectivity index (χ4n) is 2.34. The van der Waals surface area contributed by atoms with Crippen LogP contribution in [0, 0.1) is 0 Å². The maximum Gasteiger partial charge on any atom is 0.416 e. The van der Waals surface area contributed by atoms with Gasteiger partial charge >= 0.3 is 6.18 Å². The molecule has 6 nitrogen and oxygen atoms in total. The highest BCUT2D eigenvalue weighted by molar-refractivity contribution is 5.93. The van der Waals surface area contributed by atoms with E-state index in [2.05, 4.69) is 10.3 Å². The average molecular weight is 377 g/mol. The number of rotatable bonds is 5. The Kier molecular flexibility index (Phi) is 4.76. The second-order valence-electron chi connectivity index (χ2n) is 5.54. The summed E-state index contributed by atoms with van der Waals surface area (Å²) in [4.78, 5) is 15.1. The number of ether oxygens (including phenoxy) is 1. The van der Waals surface area contributed by atoms with Crippen LogP contribution in [0.4, 0.5) is 24.9 Å². The summed E-state index contributed by atoms with van der Waals surface area (Å²) in [5.41, 5.74) is 5.40. The van der Waals surface area contributed by atoms with Crippen LogP contribution in [0.1, 0.15) is 15.9 Å². The molecule has 27 heavy (non-hydrogen) atoms. The van der Waals surface area contributed by atoms with Crippen molar-refractivity contribution in [1.82, 2.24) is 4.98 Å². The summed E-state index contributed by atoms with van der Waals surface area (Å²) in [6.45, 7) is 0. The summed E-state index contributed by atoms with van der Waals surface area (Å²) in [6.07, 6.45) is -3.11. The lowest BCUT2D eigenvalue weighted by atomic mass is 10.1. The van der Waals surface area contributed by atoms with Crippen molar-refractivity contribution in [3.63, 3.8) is 0 Å². The highest BCUT2D eigenvalue weighted by Crippen LogP contribution is 2.35. The zero-order chi connectivity index (χ0) is 19.6. The second-order valence-corrected chi connectivity index (χ2v) is 5.54. The molecule has 0 atom stereocenters. The van der Waals surface area contributed by atoms with Crippen molar-refractivity contribution in [3.8, 4) is 17.1 Å². The number of halogens is 3. The standard InChI is InChI=1S/C18H14F3N3O3/c1-26-14-7-12(18(19,20)21)6-13(8-14)24-17-23-9-15(27-17)10-2-4-11(5-3-10)16(22)25/h2-9H,1H3,(H2,22,25)(H,23,24). The van der Waals surface area contributed by atoms with E-state index in [1.54, 1.807) is 12.1 Å². The molecule has 1 aromatic heterocycles. The smallest absolute Gasteiger partial charge is 0.416 e. The summed E-state index contributed by atoms with van der Waals surface area (Å²) in [6, 6.07) is 9.53. The van der Waals surface area contributed by atoms with E-state index in [9.17, 15) is 18.0 Å². The molecule has 9 heteroatoms. The molecule has 0 spiro atoms. The number of alkyl halides is 3. The van der Waals surface area contributed by atoms with Crippen LogP contribution in [0.15, 0.2) is 53.1 Å². The van der Waals surface area contributed by atoms with E-state index in [0.29, 0.717) is 16.9 Å². The van der Waals surface area contributed by atoms with Crippen molar-refractivity contribution in [2.75, 3.05) is 12.4 Å². The quantitative estimate of drug-likeness (QED) is 0.695. The number of hydrogen-bond acceptors (Lipinski definition) is 5. The number of benzene rings is 2. The van der Waals surface area contributed by atoms with Crippen molar-refractivity contribution in [2.45, 2.75) is 6.18 Å². The number of aromatic nitrogens is 1. The number of oxazole rings is 1.